The van der Waals surface area contributed by atoms with Crippen molar-refractivity contribution in [2.24, 2.45) is 0 Å². The average Bonchev–Trinajstić information content (AvgIpc) is 2.51. The molecule has 0 radical (unpaired) electrons. The zero-order valence-electron chi connectivity index (χ0n) is 6.97. The molecule has 5 heteroatoms. The van der Waals surface area contributed by atoms with Gasteiger partial charge in [-0.2, -0.15) is 0 Å². The molecule has 2 rings (SSSR count). The van der Waals surface area contributed by atoms with Crippen molar-refractivity contribution in [3.05, 3.63) is 45.2 Å². The minimum Gasteiger partial charge on any atom is -0.312 e. The molecule has 0 bridgehead atoms. The number of hydrogen-bond donors (Lipinski definition) is 2. The third-order valence-electron chi connectivity index (χ3n) is 1.82. The summed E-state index contributed by atoms with van der Waals surface area (Å²) < 4.78 is 14.0. The molecule has 14 heavy (non-hydrogen) atoms. The Balaban J connectivity index is 2.57. The maximum atomic E-state index is 13.4. The summed E-state index contributed by atoms with van der Waals surface area (Å²) in [5.41, 5.74) is 0.467. The Labute approximate surface area is 87.1 Å². The predicted octanol–water partition coefficient (Wildman–Crippen LogP) is 2.27. The van der Waals surface area contributed by atoms with E-state index in [-0.39, 0.29) is 11.5 Å². The lowest BCUT2D eigenvalue weighted by molar-refractivity contribution is 0.630. The van der Waals surface area contributed by atoms with Crippen LogP contribution in [0, 0.1) is 5.82 Å². The Morgan fingerprint density at radius 2 is 2.14 bits per heavy atom. The highest BCUT2D eigenvalue weighted by molar-refractivity contribution is 9.10. The minimum atomic E-state index is -0.380. The highest BCUT2D eigenvalue weighted by Gasteiger charge is 2.06. The molecular weight excluding hydrogens is 251 g/mol. The number of imidazole rings is 1. The fourth-order valence-corrected chi connectivity index (χ4v) is 1.52. The van der Waals surface area contributed by atoms with E-state index in [0.29, 0.717) is 15.7 Å². The molecule has 0 saturated heterocycles. The van der Waals surface area contributed by atoms with Crippen molar-refractivity contribution in [3.8, 4) is 11.3 Å². The van der Waals surface area contributed by atoms with Crippen LogP contribution in [0.3, 0.4) is 0 Å². The maximum absolute atomic E-state index is 13.4. The molecule has 2 aromatic rings. The van der Waals surface area contributed by atoms with E-state index in [9.17, 15) is 9.18 Å². The number of nitrogens with one attached hydrogen (secondary N) is 2. The first-order chi connectivity index (χ1) is 6.66. The largest absolute Gasteiger partial charge is 0.323 e. The second-order valence-corrected chi connectivity index (χ2v) is 3.70. The fourth-order valence-electron chi connectivity index (χ4n) is 1.19. The summed E-state index contributed by atoms with van der Waals surface area (Å²) in [6.45, 7) is 0. The molecule has 3 nitrogen and oxygen atoms in total. The van der Waals surface area contributed by atoms with Crippen LogP contribution >= 0.6 is 15.9 Å². The summed E-state index contributed by atoms with van der Waals surface area (Å²) in [6, 6.07) is 4.66. The van der Waals surface area contributed by atoms with Gasteiger partial charge in [0.15, 0.2) is 0 Å². The van der Waals surface area contributed by atoms with Crippen LogP contribution in [-0.2, 0) is 0 Å². The van der Waals surface area contributed by atoms with Gasteiger partial charge in [0, 0.05) is 16.2 Å². The standard InChI is InChI=1S/C9H6BrFN2O/c10-5-1-2-6(7(11)3-5)8-4-12-9(14)13-8/h1-4H,(H2,12,13,14). The second-order valence-electron chi connectivity index (χ2n) is 2.78. The van der Waals surface area contributed by atoms with Gasteiger partial charge in [0.25, 0.3) is 0 Å². The van der Waals surface area contributed by atoms with Crippen LogP contribution in [0.25, 0.3) is 11.3 Å². The molecule has 0 unspecified atom stereocenters. The zero-order chi connectivity index (χ0) is 10.1. The van der Waals surface area contributed by atoms with Crippen molar-refractivity contribution in [3.63, 3.8) is 0 Å². The lowest BCUT2D eigenvalue weighted by atomic mass is 10.1. The molecule has 0 fully saturated rings. The predicted molar refractivity (Wildman–Crippen MR) is 54.5 cm³/mol. The summed E-state index contributed by atoms with van der Waals surface area (Å²) in [5.74, 6) is -0.380. The van der Waals surface area contributed by atoms with Crippen molar-refractivity contribution in [2.45, 2.75) is 0 Å². The van der Waals surface area contributed by atoms with Gasteiger partial charge in [0.2, 0.25) is 0 Å². The second kappa shape index (κ2) is 3.42. The van der Waals surface area contributed by atoms with Crippen LogP contribution in [-0.4, -0.2) is 9.97 Å². The SMILES string of the molecule is O=c1[nH]cc(-c2ccc(Br)cc2F)[nH]1. The molecule has 0 aliphatic rings. The van der Waals surface area contributed by atoms with E-state index in [2.05, 4.69) is 25.9 Å². The number of hydrogen-bond acceptors (Lipinski definition) is 1. The summed E-state index contributed by atoms with van der Waals surface area (Å²) in [6.07, 6.45) is 1.44. The van der Waals surface area contributed by atoms with E-state index in [1.165, 1.54) is 12.3 Å². The highest BCUT2D eigenvalue weighted by Crippen LogP contribution is 2.22. The Morgan fingerprint density at radius 3 is 2.71 bits per heavy atom. The van der Waals surface area contributed by atoms with Crippen LogP contribution < -0.4 is 5.69 Å². The lowest BCUT2D eigenvalue weighted by Crippen LogP contribution is -2.00. The van der Waals surface area contributed by atoms with Gasteiger partial charge in [-0.3, -0.25) is 0 Å². The van der Waals surface area contributed by atoms with Gasteiger partial charge in [0.05, 0.1) is 5.69 Å². The number of benzene rings is 1. The third kappa shape index (κ3) is 1.63. The molecule has 0 saturated carbocycles. The van der Waals surface area contributed by atoms with E-state index in [1.54, 1.807) is 12.1 Å². The molecule has 72 valence electrons. The van der Waals surface area contributed by atoms with Gasteiger partial charge in [-0.15, -0.1) is 0 Å². The van der Waals surface area contributed by atoms with E-state index >= 15 is 0 Å². The number of aromatic nitrogens is 2. The molecule has 0 aliphatic carbocycles. The van der Waals surface area contributed by atoms with Gasteiger partial charge in [0.1, 0.15) is 5.82 Å². The first-order valence-corrected chi connectivity index (χ1v) is 4.69. The average molecular weight is 257 g/mol. The normalized spacial score (nSPS) is 10.4. The number of H-pyrrole nitrogens is 2. The molecule has 1 heterocycles. The van der Waals surface area contributed by atoms with Gasteiger partial charge >= 0.3 is 5.69 Å². The quantitative estimate of drug-likeness (QED) is 0.808. The van der Waals surface area contributed by atoms with Crippen molar-refractivity contribution in [1.82, 2.24) is 9.97 Å². The summed E-state index contributed by atoms with van der Waals surface area (Å²) >= 11 is 3.15. The first-order valence-electron chi connectivity index (χ1n) is 3.90. The van der Waals surface area contributed by atoms with E-state index in [4.69, 9.17) is 0 Å². The third-order valence-corrected chi connectivity index (χ3v) is 2.31. The molecule has 0 atom stereocenters. The Hall–Kier alpha value is -1.36. The van der Waals surface area contributed by atoms with Crippen LogP contribution in [0.2, 0.25) is 0 Å². The minimum absolute atomic E-state index is 0.345. The van der Waals surface area contributed by atoms with Gasteiger partial charge in [-0.05, 0) is 18.2 Å². The number of aromatic amines is 2. The Morgan fingerprint density at radius 1 is 1.36 bits per heavy atom. The fraction of sp³-hybridized carbons (Fsp3) is 0. The van der Waals surface area contributed by atoms with Crippen LogP contribution in [0.4, 0.5) is 4.39 Å². The van der Waals surface area contributed by atoms with Crippen molar-refractivity contribution in [2.75, 3.05) is 0 Å². The summed E-state index contributed by atoms with van der Waals surface area (Å²) in [4.78, 5) is 15.7. The molecule has 2 N–H and O–H groups in total. The van der Waals surface area contributed by atoms with Crippen LogP contribution in [0.5, 0.6) is 0 Å². The van der Waals surface area contributed by atoms with Gasteiger partial charge in [-0.25, -0.2) is 9.18 Å². The van der Waals surface area contributed by atoms with Crippen molar-refractivity contribution < 1.29 is 4.39 Å². The van der Waals surface area contributed by atoms with Crippen molar-refractivity contribution in [1.29, 1.82) is 0 Å². The summed E-state index contributed by atoms with van der Waals surface area (Å²) in [7, 11) is 0. The Kier molecular flexibility index (Phi) is 2.25. The zero-order valence-corrected chi connectivity index (χ0v) is 8.56. The monoisotopic (exact) mass is 256 g/mol. The van der Waals surface area contributed by atoms with Crippen LogP contribution in [0.15, 0.2) is 33.7 Å². The Bertz CT molecular complexity index is 518. The highest BCUT2D eigenvalue weighted by atomic mass is 79.9. The molecule has 0 amide bonds. The lowest BCUT2D eigenvalue weighted by Gasteiger charge is -1.99. The molecule has 1 aromatic heterocycles. The van der Waals surface area contributed by atoms with E-state index in [0.717, 1.165) is 0 Å². The molecular formula is C9H6BrFN2O. The first kappa shape index (κ1) is 9.21. The number of halogens is 2. The van der Waals surface area contributed by atoms with Gasteiger partial charge < -0.3 is 9.97 Å². The van der Waals surface area contributed by atoms with E-state index < -0.39 is 0 Å². The van der Waals surface area contributed by atoms with E-state index in [1.807, 2.05) is 0 Å². The van der Waals surface area contributed by atoms with Crippen LogP contribution in [0.1, 0.15) is 0 Å². The maximum Gasteiger partial charge on any atom is 0.323 e. The topological polar surface area (TPSA) is 48.6 Å². The molecule has 0 spiro atoms. The van der Waals surface area contributed by atoms with Gasteiger partial charge in [-0.1, -0.05) is 15.9 Å². The number of rotatable bonds is 1. The van der Waals surface area contributed by atoms with Crippen molar-refractivity contribution >= 4 is 15.9 Å². The summed E-state index contributed by atoms with van der Waals surface area (Å²) in [5, 5.41) is 0. The molecule has 1 aromatic carbocycles. The molecule has 0 aliphatic heterocycles. The smallest absolute Gasteiger partial charge is 0.312 e.